The van der Waals surface area contributed by atoms with Crippen LogP contribution in [0.15, 0.2) is 5.11 Å². The molecule has 1 N–H and O–H groups in total. The van der Waals surface area contributed by atoms with E-state index in [1.165, 1.54) is 0 Å². The summed E-state index contributed by atoms with van der Waals surface area (Å²) in [4.78, 5) is 13.3. The van der Waals surface area contributed by atoms with E-state index >= 15 is 0 Å². The maximum Gasteiger partial charge on any atom is 0.135 e. The first kappa shape index (κ1) is 8.04. The minimum atomic E-state index is -0.771. The lowest BCUT2D eigenvalue weighted by Gasteiger charge is -2.21. The lowest BCUT2D eigenvalue weighted by atomic mass is 9.92. The number of rotatable bonds is 1. The van der Waals surface area contributed by atoms with Gasteiger partial charge in [0.1, 0.15) is 5.78 Å². The average Bonchev–Trinajstić information content (AvgIpc) is 1.95. The number of Topliss-reactive ketones (excluding diaryl/α,β-unsaturated/α-hetero) is 1. The van der Waals surface area contributed by atoms with Gasteiger partial charge in [-0.05, 0) is 12.0 Å². The van der Waals surface area contributed by atoms with Crippen LogP contribution >= 0.6 is 0 Å². The van der Waals surface area contributed by atoms with Crippen molar-refractivity contribution < 1.29 is 9.90 Å². The number of aliphatic hydroxyl groups excluding tert-OH is 1. The predicted molar refractivity (Wildman–Crippen MR) is 37.8 cm³/mol. The molecule has 2 atom stereocenters. The van der Waals surface area contributed by atoms with Crippen LogP contribution in [0.2, 0.25) is 0 Å². The first-order chi connectivity index (χ1) is 5.24. The summed E-state index contributed by atoms with van der Waals surface area (Å²) >= 11 is 0. The van der Waals surface area contributed by atoms with Gasteiger partial charge in [-0.1, -0.05) is 5.11 Å². The van der Waals surface area contributed by atoms with Gasteiger partial charge in [0, 0.05) is 17.8 Å². The maximum atomic E-state index is 10.7. The molecule has 1 rings (SSSR count). The van der Waals surface area contributed by atoms with Gasteiger partial charge >= 0.3 is 0 Å². The molecule has 0 aromatic carbocycles. The van der Waals surface area contributed by atoms with Crippen LogP contribution in [-0.4, -0.2) is 23.0 Å². The zero-order valence-electron chi connectivity index (χ0n) is 5.97. The summed E-state index contributed by atoms with van der Waals surface area (Å²) in [6, 6.07) is -0.405. The molecule has 0 aromatic heterocycles. The molecule has 0 aromatic rings. The fourth-order valence-electron chi connectivity index (χ4n) is 1.17. The summed E-state index contributed by atoms with van der Waals surface area (Å²) in [5.41, 5.74) is 8.06. The molecule has 5 nitrogen and oxygen atoms in total. The highest BCUT2D eigenvalue weighted by Gasteiger charge is 2.26. The van der Waals surface area contributed by atoms with Crippen LogP contribution in [0.3, 0.4) is 0 Å². The Labute approximate surface area is 63.6 Å². The van der Waals surface area contributed by atoms with Gasteiger partial charge in [-0.3, -0.25) is 4.79 Å². The van der Waals surface area contributed by atoms with Crippen LogP contribution in [0.25, 0.3) is 10.4 Å². The predicted octanol–water partition coefficient (Wildman–Crippen LogP) is 0.779. The van der Waals surface area contributed by atoms with E-state index in [1.54, 1.807) is 0 Å². The SMILES string of the molecule is [N-]=[N+]=NC1CCC(=O)CC1O. The Morgan fingerprint density at radius 2 is 2.45 bits per heavy atom. The van der Waals surface area contributed by atoms with E-state index in [9.17, 15) is 9.90 Å². The molecule has 1 saturated carbocycles. The van der Waals surface area contributed by atoms with E-state index in [-0.39, 0.29) is 12.2 Å². The molecule has 1 fully saturated rings. The first-order valence-electron chi connectivity index (χ1n) is 3.48. The van der Waals surface area contributed by atoms with E-state index in [0.717, 1.165) is 0 Å². The Bertz CT molecular complexity index is 210. The second kappa shape index (κ2) is 3.37. The number of carbonyl (C=O) groups is 1. The lowest BCUT2D eigenvalue weighted by molar-refractivity contribution is -0.123. The molecule has 5 heteroatoms. The van der Waals surface area contributed by atoms with Gasteiger partial charge in [0.2, 0.25) is 0 Å². The largest absolute Gasteiger partial charge is 0.392 e. The lowest BCUT2D eigenvalue weighted by Crippen LogP contribution is -2.32. The number of hydrogen-bond acceptors (Lipinski definition) is 3. The summed E-state index contributed by atoms with van der Waals surface area (Å²) in [6.45, 7) is 0. The van der Waals surface area contributed by atoms with Crippen molar-refractivity contribution in [1.29, 1.82) is 0 Å². The zero-order chi connectivity index (χ0) is 8.27. The summed E-state index contributed by atoms with van der Waals surface area (Å²) < 4.78 is 0. The molecule has 0 heterocycles. The molecule has 0 amide bonds. The van der Waals surface area contributed by atoms with E-state index in [0.29, 0.717) is 12.8 Å². The monoisotopic (exact) mass is 155 g/mol. The minimum absolute atomic E-state index is 0.0434. The molecule has 0 saturated heterocycles. The fourth-order valence-corrected chi connectivity index (χ4v) is 1.17. The fraction of sp³-hybridized carbons (Fsp3) is 0.833. The Balaban J connectivity index is 2.56. The highest BCUT2D eigenvalue weighted by molar-refractivity contribution is 5.79. The molecule has 11 heavy (non-hydrogen) atoms. The van der Waals surface area contributed by atoms with Crippen molar-refractivity contribution in [3.8, 4) is 0 Å². The van der Waals surface area contributed by atoms with Crippen LogP contribution < -0.4 is 0 Å². The maximum absolute atomic E-state index is 10.7. The third-order valence-corrected chi connectivity index (χ3v) is 1.80. The highest BCUT2D eigenvalue weighted by atomic mass is 16.3. The van der Waals surface area contributed by atoms with Crippen molar-refractivity contribution in [2.45, 2.75) is 31.4 Å². The Hall–Kier alpha value is -1.06. The van der Waals surface area contributed by atoms with Crippen LogP contribution in [0.4, 0.5) is 0 Å². The molecular weight excluding hydrogens is 146 g/mol. The Morgan fingerprint density at radius 1 is 1.73 bits per heavy atom. The Morgan fingerprint density at radius 3 is 3.00 bits per heavy atom. The standard InChI is InChI=1S/C6H9N3O2/c7-9-8-5-2-1-4(10)3-6(5)11/h5-6,11H,1-3H2. The summed E-state index contributed by atoms with van der Waals surface area (Å²) in [5, 5.41) is 12.6. The number of carbonyl (C=O) groups excluding carboxylic acids is 1. The number of hydrogen-bond donors (Lipinski definition) is 1. The van der Waals surface area contributed by atoms with Crippen LogP contribution in [0, 0.1) is 0 Å². The quantitative estimate of drug-likeness (QED) is 0.344. The molecule has 0 bridgehead atoms. The van der Waals surface area contributed by atoms with Crippen molar-refractivity contribution >= 4 is 5.78 Å². The Kier molecular flexibility index (Phi) is 2.46. The molecule has 1 aliphatic carbocycles. The molecule has 0 radical (unpaired) electrons. The van der Waals surface area contributed by atoms with E-state index in [4.69, 9.17) is 5.53 Å². The van der Waals surface area contributed by atoms with Crippen molar-refractivity contribution in [1.82, 2.24) is 0 Å². The van der Waals surface area contributed by atoms with Gasteiger partial charge < -0.3 is 5.11 Å². The van der Waals surface area contributed by atoms with Crippen molar-refractivity contribution in [3.05, 3.63) is 10.4 Å². The number of ketones is 1. The van der Waals surface area contributed by atoms with Crippen LogP contribution in [0.1, 0.15) is 19.3 Å². The zero-order valence-corrected chi connectivity index (χ0v) is 5.97. The van der Waals surface area contributed by atoms with E-state index < -0.39 is 12.1 Å². The van der Waals surface area contributed by atoms with Gasteiger partial charge in [-0.2, -0.15) is 0 Å². The molecule has 0 spiro atoms. The van der Waals surface area contributed by atoms with Crippen molar-refractivity contribution in [3.63, 3.8) is 0 Å². The van der Waals surface area contributed by atoms with E-state index in [1.807, 2.05) is 0 Å². The molecular formula is C6H9N3O2. The third kappa shape index (κ3) is 1.93. The van der Waals surface area contributed by atoms with Crippen LogP contribution in [-0.2, 0) is 4.79 Å². The van der Waals surface area contributed by atoms with Crippen molar-refractivity contribution in [2.75, 3.05) is 0 Å². The average molecular weight is 155 g/mol. The number of nitrogens with zero attached hydrogens (tertiary/aromatic N) is 3. The van der Waals surface area contributed by atoms with Gasteiger partial charge in [0.15, 0.2) is 0 Å². The summed E-state index contributed by atoms with van der Waals surface area (Å²) in [5.74, 6) is 0.0434. The topological polar surface area (TPSA) is 86.1 Å². The van der Waals surface area contributed by atoms with E-state index in [2.05, 4.69) is 10.0 Å². The second-order valence-electron chi connectivity index (χ2n) is 2.62. The van der Waals surface area contributed by atoms with Gasteiger partial charge in [-0.15, -0.1) is 0 Å². The third-order valence-electron chi connectivity index (χ3n) is 1.80. The molecule has 2 unspecified atom stereocenters. The van der Waals surface area contributed by atoms with Gasteiger partial charge in [0.05, 0.1) is 12.1 Å². The summed E-state index contributed by atoms with van der Waals surface area (Å²) in [6.07, 6.45) is 0.251. The van der Waals surface area contributed by atoms with Gasteiger partial charge in [-0.25, -0.2) is 0 Å². The highest BCUT2D eigenvalue weighted by Crippen LogP contribution is 2.18. The molecule has 0 aliphatic heterocycles. The second-order valence-corrected chi connectivity index (χ2v) is 2.62. The number of azide groups is 1. The first-order valence-corrected chi connectivity index (χ1v) is 3.48. The number of aliphatic hydroxyl groups is 1. The summed E-state index contributed by atoms with van der Waals surface area (Å²) in [7, 11) is 0. The van der Waals surface area contributed by atoms with Gasteiger partial charge in [0.25, 0.3) is 0 Å². The van der Waals surface area contributed by atoms with Crippen molar-refractivity contribution in [2.24, 2.45) is 5.11 Å². The minimum Gasteiger partial charge on any atom is -0.392 e. The smallest absolute Gasteiger partial charge is 0.135 e. The van der Waals surface area contributed by atoms with Crippen LogP contribution in [0.5, 0.6) is 0 Å². The normalized spacial score (nSPS) is 31.2. The molecule has 60 valence electrons. The molecule has 1 aliphatic rings.